The second kappa shape index (κ2) is 9.98. The maximum absolute atomic E-state index is 12.2. The lowest BCUT2D eigenvalue weighted by Crippen LogP contribution is -2.41. The lowest BCUT2D eigenvalue weighted by molar-refractivity contribution is -0.119. The van der Waals surface area contributed by atoms with Gasteiger partial charge in [0.15, 0.2) is 0 Å². The number of anilines is 1. The van der Waals surface area contributed by atoms with Crippen molar-refractivity contribution in [1.82, 2.24) is 5.32 Å². The molecular weight excluding hydrogens is 380 g/mol. The summed E-state index contributed by atoms with van der Waals surface area (Å²) in [6.45, 7) is 2.33. The summed E-state index contributed by atoms with van der Waals surface area (Å²) >= 11 is 0. The molecule has 2 aromatic carbocycles. The van der Waals surface area contributed by atoms with E-state index in [9.17, 15) is 13.2 Å². The summed E-state index contributed by atoms with van der Waals surface area (Å²) in [6.07, 6.45) is 2.02. The van der Waals surface area contributed by atoms with E-state index in [1.807, 2.05) is 24.3 Å². The van der Waals surface area contributed by atoms with Gasteiger partial charge >= 0.3 is 0 Å². The fourth-order valence-corrected chi connectivity index (χ4v) is 3.37. The van der Waals surface area contributed by atoms with Crippen LogP contribution in [0.4, 0.5) is 5.69 Å². The van der Waals surface area contributed by atoms with Crippen LogP contribution in [0.5, 0.6) is 11.5 Å². The third kappa shape index (κ3) is 6.45. The first kappa shape index (κ1) is 21.6. The van der Waals surface area contributed by atoms with Crippen molar-refractivity contribution in [3.05, 3.63) is 54.1 Å². The third-order valence-electron chi connectivity index (χ3n) is 4.07. The predicted octanol–water partition coefficient (Wildman–Crippen LogP) is 2.22. The summed E-state index contributed by atoms with van der Waals surface area (Å²) in [6, 6.07) is 14.2. The van der Waals surface area contributed by atoms with Crippen molar-refractivity contribution >= 4 is 21.6 Å². The van der Waals surface area contributed by atoms with E-state index in [1.165, 1.54) is 12.7 Å². The van der Waals surface area contributed by atoms with E-state index < -0.39 is 15.9 Å². The van der Waals surface area contributed by atoms with E-state index in [0.717, 1.165) is 22.7 Å². The number of methoxy groups -OCH3 is 1. The zero-order valence-electron chi connectivity index (χ0n) is 16.3. The van der Waals surface area contributed by atoms with Gasteiger partial charge < -0.3 is 14.8 Å². The van der Waals surface area contributed by atoms with E-state index >= 15 is 0 Å². The molecule has 0 unspecified atom stereocenters. The van der Waals surface area contributed by atoms with Crippen LogP contribution >= 0.6 is 0 Å². The average molecular weight is 407 g/mol. The molecule has 7 nitrogen and oxygen atoms in total. The van der Waals surface area contributed by atoms with Crippen molar-refractivity contribution in [2.45, 2.75) is 13.3 Å². The zero-order chi connectivity index (χ0) is 20.6. The molecule has 1 amide bonds. The smallest absolute Gasteiger partial charge is 0.240 e. The number of aryl methyl sites for hydroxylation is 1. The minimum atomic E-state index is -3.61. The van der Waals surface area contributed by atoms with Crippen molar-refractivity contribution in [3.63, 3.8) is 0 Å². The highest BCUT2D eigenvalue weighted by Gasteiger charge is 2.20. The van der Waals surface area contributed by atoms with Gasteiger partial charge in [0.25, 0.3) is 0 Å². The normalized spacial score (nSPS) is 11.0. The minimum Gasteiger partial charge on any atom is -0.497 e. The molecule has 2 aromatic rings. The summed E-state index contributed by atoms with van der Waals surface area (Å²) in [5, 5.41) is 2.68. The standard InChI is InChI=1S/C20H26N2O5S/c1-4-16-5-9-19(10-6-16)27-14-13-21-20(23)15-22(28(3,24)25)17-7-11-18(26-2)12-8-17/h5-12H,4,13-15H2,1-3H3,(H,21,23). The van der Waals surface area contributed by atoms with Crippen molar-refractivity contribution in [3.8, 4) is 11.5 Å². The van der Waals surface area contributed by atoms with E-state index in [0.29, 0.717) is 18.0 Å². The first-order valence-corrected chi connectivity index (χ1v) is 10.8. The molecular formula is C20H26N2O5S. The van der Waals surface area contributed by atoms with E-state index in [-0.39, 0.29) is 13.1 Å². The Hall–Kier alpha value is -2.74. The Kier molecular flexibility index (Phi) is 7.69. The second-order valence-corrected chi connectivity index (χ2v) is 8.07. The Balaban J connectivity index is 1.87. The lowest BCUT2D eigenvalue weighted by Gasteiger charge is -2.22. The van der Waals surface area contributed by atoms with E-state index in [4.69, 9.17) is 9.47 Å². The van der Waals surface area contributed by atoms with Crippen molar-refractivity contribution in [1.29, 1.82) is 0 Å². The Morgan fingerprint density at radius 1 is 1.04 bits per heavy atom. The van der Waals surface area contributed by atoms with Crippen LogP contribution in [0.2, 0.25) is 0 Å². The molecule has 0 radical (unpaired) electrons. The summed E-state index contributed by atoms with van der Waals surface area (Å²) in [4.78, 5) is 12.2. The Morgan fingerprint density at radius 3 is 2.18 bits per heavy atom. The van der Waals surface area contributed by atoms with Crippen molar-refractivity contribution < 1.29 is 22.7 Å². The summed E-state index contributed by atoms with van der Waals surface area (Å²) in [5.74, 6) is 0.916. The summed E-state index contributed by atoms with van der Waals surface area (Å²) < 4.78 is 35.9. The van der Waals surface area contributed by atoms with Gasteiger partial charge in [-0.3, -0.25) is 9.10 Å². The lowest BCUT2D eigenvalue weighted by atomic mass is 10.2. The molecule has 1 N–H and O–H groups in total. The van der Waals surface area contributed by atoms with Gasteiger partial charge in [0.05, 0.1) is 25.6 Å². The predicted molar refractivity (Wildman–Crippen MR) is 110 cm³/mol. The highest BCUT2D eigenvalue weighted by Crippen LogP contribution is 2.21. The largest absolute Gasteiger partial charge is 0.497 e. The first-order chi connectivity index (χ1) is 13.3. The van der Waals surface area contributed by atoms with Gasteiger partial charge in [-0.25, -0.2) is 8.42 Å². The molecule has 0 atom stereocenters. The van der Waals surface area contributed by atoms with Crippen LogP contribution in [0.3, 0.4) is 0 Å². The first-order valence-electron chi connectivity index (χ1n) is 8.93. The summed E-state index contributed by atoms with van der Waals surface area (Å²) in [5.41, 5.74) is 1.62. The number of nitrogens with zero attached hydrogens (tertiary/aromatic N) is 1. The molecule has 0 aliphatic carbocycles. The molecule has 28 heavy (non-hydrogen) atoms. The molecule has 0 spiro atoms. The minimum absolute atomic E-state index is 0.272. The molecule has 0 fully saturated rings. The van der Waals surface area contributed by atoms with Crippen molar-refractivity contribution in [2.24, 2.45) is 0 Å². The molecule has 0 saturated carbocycles. The topological polar surface area (TPSA) is 84.9 Å². The highest BCUT2D eigenvalue weighted by molar-refractivity contribution is 7.92. The molecule has 0 aromatic heterocycles. The molecule has 8 heteroatoms. The number of benzene rings is 2. The SMILES string of the molecule is CCc1ccc(OCCNC(=O)CN(c2ccc(OC)cc2)S(C)(=O)=O)cc1. The van der Waals surface area contributed by atoms with Crippen LogP contribution in [-0.4, -0.2) is 47.4 Å². The fourth-order valence-electron chi connectivity index (χ4n) is 2.52. The number of sulfonamides is 1. The summed E-state index contributed by atoms with van der Waals surface area (Å²) in [7, 11) is -2.09. The van der Waals surface area contributed by atoms with E-state index in [1.54, 1.807) is 24.3 Å². The third-order valence-corrected chi connectivity index (χ3v) is 5.21. The number of amides is 1. The zero-order valence-corrected chi connectivity index (χ0v) is 17.2. The molecule has 0 heterocycles. The highest BCUT2D eigenvalue weighted by atomic mass is 32.2. The molecule has 0 saturated heterocycles. The van der Waals surface area contributed by atoms with E-state index in [2.05, 4.69) is 12.2 Å². The Bertz CT molecular complexity index is 864. The maximum atomic E-state index is 12.2. The van der Waals surface area contributed by atoms with Gasteiger partial charge in [-0.05, 0) is 48.4 Å². The van der Waals surface area contributed by atoms with Crippen LogP contribution < -0.4 is 19.1 Å². The number of ether oxygens (including phenoxy) is 2. The van der Waals surface area contributed by atoms with Gasteiger partial charge in [0, 0.05) is 0 Å². The number of hydrogen-bond donors (Lipinski definition) is 1. The second-order valence-electron chi connectivity index (χ2n) is 6.16. The Labute approximate surface area is 166 Å². The number of hydrogen-bond acceptors (Lipinski definition) is 5. The van der Waals surface area contributed by atoms with Crippen LogP contribution in [0, 0.1) is 0 Å². The van der Waals surface area contributed by atoms with Crippen LogP contribution in [0.15, 0.2) is 48.5 Å². The monoisotopic (exact) mass is 406 g/mol. The number of carbonyl (C=O) groups is 1. The average Bonchev–Trinajstić information content (AvgIpc) is 2.69. The number of rotatable bonds is 10. The van der Waals surface area contributed by atoms with Gasteiger partial charge in [-0.1, -0.05) is 19.1 Å². The van der Waals surface area contributed by atoms with Crippen LogP contribution in [0.1, 0.15) is 12.5 Å². The van der Waals surface area contributed by atoms with Crippen molar-refractivity contribution in [2.75, 3.05) is 37.4 Å². The van der Waals surface area contributed by atoms with Gasteiger partial charge in [0.1, 0.15) is 24.7 Å². The quantitative estimate of drug-likeness (QED) is 0.612. The molecule has 0 aliphatic heterocycles. The Morgan fingerprint density at radius 2 is 1.64 bits per heavy atom. The van der Waals surface area contributed by atoms with Gasteiger partial charge in [-0.2, -0.15) is 0 Å². The maximum Gasteiger partial charge on any atom is 0.240 e. The number of carbonyl (C=O) groups excluding carboxylic acids is 1. The molecule has 0 aliphatic rings. The van der Waals surface area contributed by atoms with Gasteiger partial charge in [0.2, 0.25) is 15.9 Å². The van der Waals surface area contributed by atoms with Crippen LogP contribution in [-0.2, 0) is 21.2 Å². The van der Waals surface area contributed by atoms with Gasteiger partial charge in [-0.15, -0.1) is 0 Å². The van der Waals surface area contributed by atoms with Crippen LogP contribution in [0.25, 0.3) is 0 Å². The molecule has 2 rings (SSSR count). The molecule has 0 bridgehead atoms. The molecule has 152 valence electrons. The number of nitrogens with one attached hydrogen (secondary N) is 1. The fraction of sp³-hybridized carbons (Fsp3) is 0.350.